The van der Waals surface area contributed by atoms with Gasteiger partial charge in [0.15, 0.2) is 0 Å². The molecule has 1 saturated heterocycles. The lowest BCUT2D eigenvalue weighted by atomic mass is 9.76. The van der Waals surface area contributed by atoms with Gasteiger partial charge in [-0.2, -0.15) is 0 Å². The van der Waals surface area contributed by atoms with Crippen molar-refractivity contribution in [3.05, 3.63) is 0 Å². The highest BCUT2D eigenvalue weighted by Crippen LogP contribution is 2.37. The van der Waals surface area contributed by atoms with Crippen LogP contribution in [0.2, 0.25) is 0 Å². The molecule has 3 rings (SSSR count). The van der Waals surface area contributed by atoms with E-state index in [2.05, 4.69) is 4.90 Å². The third kappa shape index (κ3) is 2.67. The average molecular weight is 265 g/mol. The fourth-order valence-corrected chi connectivity index (χ4v) is 4.15. The summed E-state index contributed by atoms with van der Waals surface area (Å²) >= 11 is 0. The van der Waals surface area contributed by atoms with Crippen LogP contribution in [0, 0.1) is 11.8 Å². The molecule has 1 aliphatic heterocycles. The summed E-state index contributed by atoms with van der Waals surface area (Å²) in [6.45, 7) is 0.934. The van der Waals surface area contributed by atoms with Crippen molar-refractivity contribution in [2.75, 3.05) is 6.54 Å². The highest BCUT2D eigenvalue weighted by atomic mass is 16.3. The average Bonchev–Trinajstić information content (AvgIpc) is 2.37. The lowest BCUT2D eigenvalue weighted by molar-refractivity contribution is -0.145. The number of hydrogen-bond donors (Lipinski definition) is 1. The highest BCUT2D eigenvalue weighted by Gasteiger charge is 2.40. The maximum atomic E-state index is 12.6. The van der Waals surface area contributed by atoms with Crippen LogP contribution in [-0.2, 0) is 4.79 Å². The largest absolute Gasteiger partial charge is 0.393 e. The number of aliphatic hydroxyl groups excluding tert-OH is 1. The van der Waals surface area contributed by atoms with Gasteiger partial charge < -0.3 is 10.0 Å². The van der Waals surface area contributed by atoms with E-state index in [9.17, 15) is 9.90 Å². The van der Waals surface area contributed by atoms with Crippen LogP contribution in [0.5, 0.6) is 0 Å². The molecule has 108 valence electrons. The summed E-state index contributed by atoms with van der Waals surface area (Å²) in [6.07, 6.45) is 11.2. The summed E-state index contributed by atoms with van der Waals surface area (Å²) < 4.78 is 0. The van der Waals surface area contributed by atoms with Crippen molar-refractivity contribution in [2.24, 2.45) is 11.8 Å². The molecule has 0 aromatic carbocycles. The van der Waals surface area contributed by atoms with E-state index >= 15 is 0 Å². The number of aliphatic hydroxyl groups is 1. The van der Waals surface area contributed by atoms with Crippen molar-refractivity contribution in [2.45, 2.75) is 76.4 Å². The molecule has 3 atom stereocenters. The molecule has 3 heteroatoms. The van der Waals surface area contributed by atoms with Gasteiger partial charge in [0.25, 0.3) is 0 Å². The van der Waals surface area contributed by atoms with E-state index in [1.54, 1.807) is 0 Å². The number of piperidine rings is 1. The molecule has 1 N–H and O–H groups in total. The zero-order chi connectivity index (χ0) is 13.2. The Bertz CT molecular complexity index is 327. The maximum Gasteiger partial charge on any atom is 0.225 e. The van der Waals surface area contributed by atoms with Gasteiger partial charge in [0, 0.05) is 24.4 Å². The van der Waals surface area contributed by atoms with Crippen LogP contribution in [0.15, 0.2) is 0 Å². The fourth-order valence-electron chi connectivity index (χ4n) is 4.15. The topological polar surface area (TPSA) is 40.5 Å². The molecular weight excluding hydrogens is 238 g/mol. The fraction of sp³-hybridized carbons (Fsp3) is 0.938. The van der Waals surface area contributed by atoms with E-state index < -0.39 is 0 Å². The predicted molar refractivity (Wildman–Crippen MR) is 74.7 cm³/mol. The van der Waals surface area contributed by atoms with E-state index in [0.29, 0.717) is 23.8 Å². The zero-order valence-electron chi connectivity index (χ0n) is 11.9. The Balaban J connectivity index is 1.70. The molecule has 3 fully saturated rings. The number of likely N-dealkylation sites (tertiary alicyclic amines) is 1. The number of carbonyl (C=O) groups excluding carboxylic acids is 1. The van der Waals surface area contributed by atoms with Gasteiger partial charge in [0.05, 0.1) is 6.10 Å². The maximum absolute atomic E-state index is 12.6. The van der Waals surface area contributed by atoms with Crippen molar-refractivity contribution < 1.29 is 9.90 Å². The second kappa shape index (κ2) is 5.82. The van der Waals surface area contributed by atoms with E-state index in [0.717, 1.165) is 51.5 Å². The zero-order valence-corrected chi connectivity index (χ0v) is 11.9. The molecule has 3 unspecified atom stereocenters. The molecule has 0 aromatic rings. The van der Waals surface area contributed by atoms with E-state index in [1.165, 1.54) is 19.3 Å². The Morgan fingerprint density at radius 1 is 0.895 bits per heavy atom. The number of rotatable bonds is 2. The minimum atomic E-state index is -0.173. The molecule has 3 nitrogen and oxygen atoms in total. The van der Waals surface area contributed by atoms with Gasteiger partial charge in [-0.25, -0.2) is 0 Å². The van der Waals surface area contributed by atoms with Crippen LogP contribution in [0.3, 0.4) is 0 Å². The Kier molecular flexibility index (Phi) is 4.11. The molecule has 2 saturated carbocycles. The van der Waals surface area contributed by atoms with Crippen molar-refractivity contribution in [3.8, 4) is 0 Å². The minimum absolute atomic E-state index is 0.173. The normalized spacial score (nSPS) is 36.9. The van der Waals surface area contributed by atoms with Crippen LogP contribution in [0.1, 0.15) is 64.2 Å². The third-order valence-electron chi connectivity index (χ3n) is 5.56. The van der Waals surface area contributed by atoms with Crippen LogP contribution < -0.4 is 0 Å². The standard InChI is InChI=1S/C16H27NO2/c18-15-10-2-1-8-13(15)14-9-3-4-11-17(14)16(19)12-6-5-7-12/h12-15,18H,1-11H2. The lowest BCUT2D eigenvalue weighted by Crippen LogP contribution is -2.53. The summed E-state index contributed by atoms with van der Waals surface area (Å²) in [7, 11) is 0. The first kappa shape index (κ1) is 13.4. The molecule has 19 heavy (non-hydrogen) atoms. The van der Waals surface area contributed by atoms with Crippen LogP contribution in [0.25, 0.3) is 0 Å². The molecule has 1 amide bonds. The van der Waals surface area contributed by atoms with Crippen LogP contribution >= 0.6 is 0 Å². The number of amides is 1. The molecule has 0 aromatic heterocycles. The van der Waals surface area contributed by atoms with Crippen molar-refractivity contribution in [3.63, 3.8) is 0 Å². The predicted octanol–water partition coefficient (Wildman–Crippen LogP) is 2.72. The SMILES string of the molecule is O=C(C1CCC1)N1CCCCC1C1CCCCC1O. The third-order valence-corrected chi connectivity index (χ3v) is 5.56. The summed E-state index contributed by atoms with van der Waals surface area (Å²) in [5.41, 5.74) is 0. The Morgan fingerprint density at radius 2 is 1.63 bits per heavy atom. The Morgan fingerprint density at radius 3 is 2.32 bits per heavy atom. The lowest BCUT2D eigenvalue weighted by Gasteiger charge is -2.45. The number of hydrogen-bond acceptors (Lipinski definition) is 2. The highest BCUT2D eigenvalue weighted by molar-refractivity contribution is 5.80. The Hall–Kier alpha value is -0.570. The smallest absolute Gasteiger partial charge is 0.225 e. The first-order valence-corrected chi connectivity index (χ1v) is 8.26. The number of carbonyl (C=O) groups is 1. The van der Waals surface area contributed by atoms with E-state index in [1.807, 2.05) is 0 Å². The van der Waals surface area contributed by atoms with Gasteiger partial charge in [0.1, 0.15) is 0 Å². The second-order valence-corrected chi connectivity index (χ2v) is 6.74. The second-order valence-electron chi connectivity index (χ2n) is 6.74. The molecule has 0 radical (unpaired) electrons. The quantitative estimate of drug-likeness (QED) is 0.834. The summed E-state index contributed by atoms with van der Waals surface area (Å²) in [6, 6.07) is 0.331. The van der Waals surface area contributed by atoms with Gasteiger partial charge in [-0.3, -0.25) is 4.79 Å². The summed E-state index contributed by atoms with van der Waals surface area (Å²) in [4.78, 5) is 14.7. The van der Waals surface area contributed by atoms with Crippen molar-refractivity contribution in [1.82, 2.24) is 4.90 Å². The first-order chi connectivity index (χ1) is 9.27. The monoisotopic (exact) mass is 265 g/mol. The number of nitrogens with zero attached hydrogens (tertiary/aromatic N) is 1. The Labute approximate surface area is 116 Å². The van der Waals surface area contributed by atoms with Crippen molar-refractivity contribution in [1.29, 1.82) is 0 Å². The van der Waals surface area contributed by atoms with Crippen molar-refractivity contribution >= 4 is 5.91 Å². The van der Waals surface area contributed by atoms with Gasteiger partial charge >= 0.3 is 0 Å². The molecular formula is C16H27NO2. The van der Waals surface area contributed by atoms with Gasteiger partial charge in [-0.1, -0.05) is 19.3 Å². The molecule has 3 aliphatic rings. The molecule has 0 bridgehead atoms. The van der Waals surface area contributed by atoms with Crippen LogP contribution in [-0.4, -0.2) is 34.6 Å². The van der Waals surface area contributed by atoms with Crippen LogP contribution in [0.4, 0.5) is 0 Å². The first-order valence-electron chi connectivity index (χ1n) is 8.26. The van der Waals surface area contributed by atoms with Gasteiger partial charge in [-0.05, 0) is 44.9 Å². The van der Waals surface area contributed by atoms with E-state index in [-0.39, 0.29) is 6.10 Å². The summed E-state index contributed by atoms with van der Waals surface area (Å²) in [5, 5.41) is 10.3. The molecule has 2 aliphatic carbocycles. The van der Waals surface area contributed by atoms with Gasteiger partial charge in [-0.15, -0.1) is 0 Å². The molecule has 0 spiro atoms. The van der Waals surface area contributed by atoms with Gasteiger partial charge in [0.2, 0.25) is 5.91 Å². The molecule has 1 heterocycles. The van der Waals surface area contributed by atoms with E-state index in [4.69, 9.17) is 0 Å². The summed E-state index contributed by atoms with van der Waals surface area (Å²) in [5.74, 6) is 1.05. The minimum Gasteiger partial charge on any atom is -0.393 e.